The molecule has 18 heavy (non-hydrogen) atoms. The largest absolute Gasteiger partial charge is 0.497 e. The molecule has 5 heteroatoms. The minimum Gasteiger partial charge on any atom is -0.497 e. The zero-order chi connectivity index (χ0) is 13.5. The maximum absolute atomic E-state index is 12.0. The first-order chi connectivity index (χ1) is 8.58. The van der Waals surface area contributed by atoms with E-state index in [1.165, 1.54) is 0 Å². The number of amides is 1. The van der Waals surface area contributed by atoms with Gasteiger partial charge in [-0.25, -0.2) is 0 Å². The first kappa shape index (κ1) is 15.5. The second-order valence-electron chi connectivity index (χ2n) is 4.14. The van der Waals surface area contributed by atoms with E-state index in [-0.39, 0.29) is 5.91 Å². The molecule has 0 aliphatic carbocycles. The summed E-state index contributed by atoms with van der Waals surface area (Å²) in [6, 6.07) is 5.36. The van der Waals surface area contributed by atoms with Crippen molar-refractivity contribution in [1.29, 1.82) is 0 Å². The minimum atomic E-state index is -0.0813. The molecule has 1 amide bonds. The zero-order valence-corrected chi connectivity index (χ0v) is 13.7. The molecule has 0 spiro atoms. The number of rotatable bonds is 6. The molecule has 1 aromatic rings. The summed E-state index contributed by atoms with van der Waals surface area (Å²) in [6.07, 6.45) is 1.04. The average molecular weight is 379 g/mol. The minimum absolute atomic E-state index is 0.0813. The summed E-state index contributed by atoms with van der Waals surface area (Å²) < 4.78 is 5.89. The van der Waals surface area contributed by atoms with Crippen LogP contribution in [0.2, 0.25) is 0 Å². The van der Waals surface area contributed by atoms with Crippen molar-refractivity contribution in [2.24, 2.45) is 5.92 Å². The Labute approximate surface area is 125 Å². The van der Waals surface area contributed by atoms with Crippen LogP contribution in [-0.4, -0.2) is 24.9 Å². The molecule has 0 aliphatic rings. The topological polar surface area (TPSA) is 38.3 Å². The Kier molecular flexibility index (Phi) is 6.71. The molecule has 0 saturated heterocycles. The van der Waals surface area contributed by atoms with Crippen LogP contribution in [0.15, 0.2) is 22.7 Å². The highest BCUT2D eigenvalue weighted by Gasteiger charge is 2.12. The van der Waals surface area contributed by atoms with Crippen molar-refractivity contribution in [2.75, 3.05) is 19.0 Å². The molecule has 3 nitrogen and oxygen atoms in total. The fourth-order valence-corrected chi connectivity index (χ4v) is 2.66. The van der Waals surface area contributed by atoms with Crippen LogP contribution in [0.3, 0.4) is 0 Å². The lowest BCUT2D eigenvalue weighted by Crippen LogP contribution is -2.28. The maximum atomic E-state index is 12.0. The lowest BCUT2D eigenvalue weighted by Gasteiger charge is -2.12. The van der Waals surface area contributed by atoms with Crippen LogP contribution < -0.4 is 10.1 Å². The fraction of sp³-hybridized carbons (Fsp3) is 0.462. The van der Waals surface area contributed by atoms with Crippen molar-refractivity contribution in [3.05, 3.63) is 28.2 Å². The van der Waals surface area contributed by atoms with E-state index in [4.69, 9.17) is 4.74 Å². The van der Waals surface area contributed by atoms with Gasteiger partial charge in [0.15, 0.2) is 0 Å². The van der Waals surface area contributed by atoms with Gasteiger partial charge >= 0.3 is 0 Å². The third-order valence-electron chi connectivity index (χ3n) is 2.63. The number of benzene rings is 1. The Hall–Kier alpha value is -0.550. The Balaban J connectivity index is 2.66. The number of carbonyl (C=O) groups is 1. The van der Waals surface area contributed by atoms with Gasteiger partial charge in [-0.15, -0.1) is 0 Å². The molecule has 0 fully saturated rings. The van der Waals surface area contributed by atoms with Gasteiger partial charge in [0.1, 0.15) is 5.75 Å². The Morgan fingerprint density at radius 1 is 1.50 bits per heavy atom. The van der Waals surface area contributed by atoms with Gasteiger partial charge in [0.05, 0.1) is 12.7 Å². The molecule has 0 radical (unpaired) electrons. The van der Waals surface area contributed by atoms with Crippen LogP contribution in [-0.2, 0) is 0 Å². The van der Waals surface area contributed by atoms with Crippen molar-refractivity contribution in [1.82, 2.24) is 5.32 Å². The number of methoxy groups -OCH3 is 1. The van der Waals surface area contributed by atoms with Gasteiger partial charge in [-0.1, -0.05) is 22.9 Å². The summed E-state index contributed by atoms with van der Waals surface area (Å²) in [5.41, 5.74) is 0.598. The third-order valence-corrected chi connectivity index (χ3v) is 3.78. The maximum Gasteiger partial charge on any atom is 0.252 e. The summed E-state index contributed by atoms with van der Waals surface area (Å²) in [5.74, 6) is 1.05. The quantitative estimate of drug-likeness (QED) is 0.768. The molecule has 1 rings (SSSR count). The number of nitrogens with one attached hydrogen (secondary N) is 1. The smallest absolute Gasteiger partial charge is 0.252 e. The lowest BCUT2D eigenvalue weighted by molar-refractivity contribution is 0.0947. The van der Waals surface area contributed by atoms with E-state index in [1.54, 1.807) is 13.2 Å². The Morgan fingerprint density at radius 3 is 2.83 bits per heavy atom. The van der Waals surface area contributed by atoms with E-state index in [1.807, 2.05) is 12.1 Å². The third kappa shape index (κ3) is 4.61. The van der Waals surface area contributed by atoms with E-state index in [2.05, 4.69) is 44.1 Å². The van der Waals surface area contributed by atoms with Gasteiger partial charge < -0.3 is 10.1 Å². The van der Waals surface area contributed by atoms with Crippen LogP contribution in [0.4, 0.5) is 0 Å². The molecule has 1 atom stereocenters. The SMILES string of the molecule is COc1ccc(Br)c(C(=O)NCC(C)CCBr)c1. The van der Waals surface area contributed by atoms with E-state index in [0.717, 1.165) is 16.2 Å². The molecule has 0 heterocycles. The molecular weight excluding hydrogens is 362 g/mol. The monoisotopic (exact) mass is 377 g/mol. The van der Waals surface area contributed by atoms with Crippen LogP contribution in [0.5, 0.6) is 5.75 Å². The number of carbonyl (C=O) groups excluding carboxylic acids is 1. The Morgan fingerprint density at radius 2 is 2.22 bits per heavy atom. The molecular formula is C13H17Br2NO2. The first-order valence-electron chi connectivity index (χ1n) is 5.76. The molecule has 1 unspecified atom stereocenters. The van der Waals surface area contributed by atoms with Crippen LogP contribution in [0, 0.1) is 5.92 Å². The summed E-state index contributed by atoms with van der Waals surface area (Å²) in [7, 11) is 1.59. The van der Waals surface area contributed by atoms with Crippen LogP contribution in [0.1, 0.15) is 23.7 Å². The predicted octanol–water partition coefficient (Wildman–Crippen LogP) is 3.61. The van der Waals surface area contributed by atoms with Crippen LogP contribution in [0.25, 0.3) is 0 Å². The first-order valence-corrected chi connectivity index (χ1v) is 7.67. The van der Waals surface area contributed by atoms with Crippen molar-refractivity contribution >= 4 is 37.8 Å². The predicted molar refractivity (Wildman–Crippen MR) is 80.6 cm³/mol. The Bertz CT molecular complexity index is 410. The van der Waals surface area contributed by atoms with Crippen molar-refractivity contribution in [3.63, 3.8) is 0 Å². The van der Waals surface area contributed by atoms with Gasteiger partial charge in [0.2, 0.25) is 0 Å². The number of ether oxygens (including phenoxy) is 1. The number of hydrogen-bond donors (Lipinski definition) is 1. The van der Waals surface area contributed by atoms with Crippen molar-refractivity contribution in [2.45, 2.75) is 13.3 Å². The van der Waals surface area contributed by atoms with Gasteiger partial charge in [-0.05, 0) is 46.5 Å². The second-order valence-corrected chi connectivity index (χ2v) is 5.79. The summed E-state index contributed by atoms with van der Waals surface area (Å²) in [4.78, 5) is 12.0. The summed E-state index contributed by atoms with van der Waals surface area (Å²) in [6.45, 7) is 2.79. The van der Waals surface area contributed by atoms with E-state index < -0.39 is 0 Å². The molecule has 0 aliphatic heterocycles. The lowest BCUT2D eigenvalue weighted by atomic mass is 10.1. The highest BCUT2D eigenvalue weighted by atomic mass is 79.9. The molecule has 1 N–H and O–H groups in total. The number of hydrogen-bond acceptors (Lipinski definition) is 2. The van der Waals surface area contributed by atoms with E-state index >= 15 is 0 Å². The number of halogens is 2. The van der Waals surface area contributed by atoms with E-state index in [9.17, 15) is 4.79 Å². The highest BCUT2D eigenvalue weighted by molar-refractivity contribution is 9.10. The molecule has 0 bridgehead atoms. The normalized spacial score (nSPS) is 12.0. The van der Waals surface area contributed by atoms with Gasteiger partial charge in [-0.3, -0.25) is 4.79 Å². The van der Waals surface area contributed by atoms with Crippen LogP contribution >= 0.6 is 31.9 Å². The van der Waals surface area contributed by atoms with Gasteiger partial charge in [0.25, 0.3) is 5.91 Å². The highest BCUT2D eigenvalue weighted by Crippen LogP contribution is 2.22. The van der Waals surface area contributed by atoms with E-state index in [0.29, 0.717) is 23.8 Å². The zero-order valence-electron chi connectivity index (χ0n) is 10.5. The summed E-state index contributed by atoms with van der Waals surface area (Å²) in [5, 5.41) is 3.88. The standard InChI is InChI=1S/C13H17Br2NO2/c1-9(5-6-14)8-16-13(17)11-7-10(18-2)3-4-12(11)15/h3-4,7,9H,5-6,8H2,1-2H3,(H,16,17). The molecule has 1 aromatic carbocycles. The average Bonchev–Trinajstić information content (AvgIpc) is 2.37. The molecule has 0 saturated carbocycles. The second kappa shape index (κ2) is 7.79. The molecule has 0 aromatic heterocycles. The molecule has 100 valence electrons. The van der Waals surface area contributed by atoms with Crippen molar-refractivity contribution < 1.29 is 9.53 Å². The number of alkyl halides is 1. The fourth-order valence-electron chi connectivity index (χ4n) is 1.46. The summed E-state index contributed by atoms with van der Waals surface area (Å²) >= 11 is 6.77. The van der Waals surface area contributed by atoms with Crippen molar-refractivity contribution in [3.8, 4) is 5.75 Å². The van der Waals surface area contributed by atoms with Gasteiger partial charge in [0, 0.05) is 16.3 Å². The van der Waals surface area contributed by atoms with Gasteiger partial charge in [-0.2, -0.15) is 0 Å².